The van der Waals surface area contributed by atoms with Crippen molar-refractivity contribution in [1.82, 2.24) is 14.9 Å². The van der Waals surface area contributed by atoms with Crippen LogP contribution in [0.2, 0.25) is 0 Å². The molecular formula is C14H16ClFN4O2S. The molecule has 0 bridgehead atoms. The normalized spacial score (nSPS) is 14.3. The summed E-state index contributed by atoms with van der Waals surface area (Å²) >= 11 is 1.13. The molecular weight excluding hydrogens is 343 g/mol. The highest BCUT2D eigenvalue weighted by atomic mass is 35.5. The van der Waals surface area contributed by atoms with Crippen LogP contribution in [0.15, 0.2) is 23.7 Å². The molecule has 2 aromatic rings. The Balaban J connectivity index is 0.00000192. The van der Waals surface area contributed by atoms with E-state index in [1.165, 1.54) is 6.07 Å². The molecule has 1 aliphatic heterocycles. The van der Waals surface area contributed by atoms with Crippen molar-refractivity contribution in [2.24, 2.45) is 0 Å². The predicted molar refractivity (Wildman–Crippen MR) is 88.2 cm³/mol. The van der Waals surface area contributed by atoms with Gasteiger partial charge in [-0.05, 0) is 11.4 Å². The van der Waals surface area contributed by atoms with Crippen molar-refractivity contribution in [1.29, 1.82) is 0 Å². The number of ether oxygens (including phenoxy) is 1. The maximum absolute atomic E-state index is 13.5. The molecule has 1 amide bonds. The molecule has 124 valence electrons. The Bertz CT molecular complexity index is 676. The number of hydrogen-bond donors (Lipinski definition) is 0. The van der Waals surface area contributed by atoms with Crippen LogP contribution in [0.3, 0.4) is 0 Å². The molecule has 3 heterocycles. The number of piperazine rings is 1. The number of methoxy groups -OCH3 is 1. The summed E-state index contributed by atoms with van der Waals surface area (Å²) in [6.45, 7) is 2.23. The van der Waals surface area contributed by atoms with E-state index in [-0.39, 0.29) is 23.2 Å². The van der Waals surface area contributed by atoms with Gasteiger partial charge in [-0.1, -0.05) is 0 Å². The molecule has 0 unspecified atom stereocenters. The van der Waals surface area contributed by atoms with Crippen molar-refractivity contribution in [2.75, 3.05) is 38.2 Å². The number of thiophene rings is 1. The number of carbonyl (C=O) groups excluding carboxylic acids is 1. The van der Waals surface area contributed by atoms with Crippen molar-refractivity contribution < 1.29 is 13.9 Å². The summed E-state index contributed by atoms with van der Waals surface area (Å²) in [5.41, 5.74) is 0. The zero-order valence-electron chi connectivity index (χ0n) is 12.4. The van der Waals surface area contributed by atoms with Crippen LogP contribution >= 0.6 is 23.7 Å². The van der Waals surface area contributed by atoms with Crippen molar-refractivity contribution >= 4 is 35.6 Å². The Kier molecular flexibility index (Phi) is 5.73. The van der Waals surface area contributed by atoms with Gasteiger partial charge in [-0.2, -0.15) is 4.98 Å². The zero-order chi connectivity index (χ0) is 15.5. The number of anilines is 1. The monoisotopic (exact) mass is 358 g/mol. The number of rotatable bonds is 3. The minimum atomic E-state index is -0.450. The molecule has 9 heteroatoms. The first kappa shape index (κ1) is 17.4. The Labute approximate surface area is 143 Å². The van der Waals surface area contributed by atoms with Gasteiger partial charge in [0.25, 0.3) is 5.91 Å². The van der Waals surface area contributed by atoms with Crippen molar-refractivity contribution in [3.8, 4) is 5.88 Å². The highest BCUT2D eigenvalue weighted by Gasteiger charge is 2.26. The molecule has 0 aromatic carbocycles. The first-order valence-corrected chi connectivity index (χ1v) is 7.71. The summed E-state index contributed by atoms with van der Waals surface area (Å²) in [5, 5.41) is 1.59. The van der Waals surface area contributed by atoms with Crippen LogP contribution < -0.4 is 9.64 Å². The van der Waals surface area contributed by atoms with E-state index in [0.29, 0.717) is 38.0 Å². The average molecular weight is 359 g/mol. The van der Waals surface area contributed by atoms with E-state index in [4.69, 9.17) is 4.74 Å². The zero-order valence-corrected chi connectivity index (χ0v) is 14.1. The van der Waals surface area contributed by atoms with E-state index < -0.39 is 5.82 Å². The van der Waals surface area contributed by atoms with Crippen LogP contribution in [0, 0.1) is 5.82 Å². The van der Waals surface area contributed by atoms with Crippen molar-refractivity contribution in [3.63, 3.8) is 0 Å². The predicted octanol–water partition coefficient (Wildman–Crippen LogP) is 2.07. The minimum Gasteiger partial charge on any atom is -0.481 e. The highest BCUT2D eigenvalue weighted by molar-refractivity contribution is 7.12. The lowest BCUT2D eigenvalue weighted by Crippen LogP contribution is -2.49. The topological polar surface area (TPSA) is 58.6 Å². The second-order valence-electron chi connectivity index (χ2n) is 4.78. The van der Waals surface area contributed by atoms with Gasteiger partial charge in [0.1, 0.15) is 10.7 Å². The van der Waals surface area contributed by atoms with Gasteiger partial charge in [-0.15, -0.1) is 23.7 Å². The molecule has 2 aromatic heterocycles. The second kappa shape index (κ2) is 7.56. The fourth-order valence-electron chi connectivity index (χ4n) is 2.30. The molecule has 0 saturated carbocycles. The number of nitrogens with zero attached hydrogens (tertiary/aromatic N) is 4. The summed E-state index contributed by atoms with van der Waals surface area (Å²) < 4.78 is 18.6. The van der Waals surface area contributed by atoms with Crippen LogP contribution in [0.5, 0.6) is 5.88 Å². The Hall–Kier alpha value is -1.93. The number of amides is 1. The van der Waals surface area contributed by atoms with Crippen LogP contribution in [0.4, 0.5) is 10.3 Å². The summed E-state index contributed by atoms with van der Waals surface area (Å²) in [6.07, 6.45) is 1.64. The molecule has 3 rings (SSSR count). The van der Waals surface area contributed by atoms with E-state index in [1.807, 2.05) is 4.90 Å². The van der Waals surface area contributed by atoms with E-state index in [0.717, 1.165) is 11.3 Å². The van der Waals surface area contributed by atoms with Crippen LogP contribution in [-0.2, 0) is 0 Å². The molecule has 1 aliphatic rings. The lowest BCUT2D eigenvalue weighted by molar-refractivity contribution is 0.0747. The average Bonchev–Trinajstić information content (AvgIpc) is 3.00. The van der Waals surface area contributed by atoms with E-state index in [9.17, 15) is 9.18 Å². The second-order valence-corrected chi connectivity index (χ2v) is 5.69. The largest absolute Gasteiger partial charge is 0.481 e. The summed E-state index contributed by atoms with van der Waals surface area (Å²) in [4.78, 5) is 24.6. The van der Waals surface area contributed by atoms with Crippen LogP contribution in [0.1, 0.15) is 9.67 Å². The van der Waals surface area contributed by atoms with Crippen LogP contribution in [-0.4, -0.2) is 54.1 Å². The fourth-order valence-corrected chi connectivity index (χ4v) is 3.03. The Morgan fingerprint density at radius 1 is 1.30 bits per heavy atom. The first-order chi connectivity index (χ1) is 10.7. The molecule has 0 N–H and O–H groups in total. The highest BCUT2D eigenvalue weighted by Crippen LogP contribution is 2.19. The van der Waals surface area contributed by atoms with Gasteiger partial charge < -0.3 is 14.5 Å². The fraction of sp³-hybridized carbons (Fsp3) is 0.357. The maximum Gasteiger partial charge on any atom is 0.267 e. The SMILES string of the molecule is COc1ccnc(N2CCN(C(=O)c3sccc3F)CC2)n1.Cl. The molecule has 0 aliphatic carbocycles. The first-order valence-electron chi connectivity index (χ1n) is 6.83. The van der Waals surface area contributed by atoms with Crippen molar-refractivity contribution in [2.45, 2.75) is 0 Å². The van der Waals surface area contributed by atoms with Gasteiger partial charge in [0.05, 0.1) is 7.11 Å². The lowest BCUT2D eigenvalue weighted by atomic mass is 10.3. The smallest absolute Gasteiger partial charge is 0.267 e. The van der Waals surface area contributed by atoms with E-state index in [2.05, 4.69) is 9.97 Å². The molecule has 6 nitrogen and oxygen atoms in total. The molecule has 0 radical (unpaired) electrons. The summed E-state index contributed by atoms with van der Waals surface area (Å²) in [5.74, 6) is 0.380. The molecule has 1 saturated heterocycles. The van der Waals surface area contributed by atoms with Crippen LogP contribution in [0.25, 0.3) is 0 Å². The maximum atomic E-state index is 13.5. The molecule has 23 heavy (non-hydrogen) atoms. The third-order valence-electron chi connectivity index (χ3n) is 3.49. The minimum absolute atomic E-state index is 0. The standard InChI is InChI=1S/C14H15FN4O2S.ClH/c1-21-11-2-4-16-14(17-11)19-7-5-18(6-8-19)13(20)12-10(15)3-9-22-12;/h2-4,9H,5-8H2,1H3;1H. The summed E-state index contributed by atoms with van der Waals surface area (Å²) in [6, 6.07) is 3.00. The molecule has 0 atom stereocenters. The third-order valence-corrected chi connectivity index (χ3v) is 4.37. The van der Waals surface area contributed by atoms with E-state index >= 15 is 0 Å². The summed E-state index contributed by atoms with van der Waals surface area (Å²) in [7, 11) is 1.55. The van der Waals surface area contributed by atoms with Gasteiger partial charge in [0.2, 0.25) is 11.8 Å². The lowest BCUT2D eigenvalue weighted by Gasteiger charge is -2.34. The number of carbonyl (C=O) groups is 1. The van der Waals surface area contributed by atoms with Gasteiger partial charge >= 0.3 is 0 Å². The van der Waals surface area contributed by atoms with Gasteiger partial charge in [-0.3, -0.25) is 4.79 Å². The number of aromatic nitrogens is 2. The van der Waals surface area contributed by atoms with Crippen molar-refractivity contribution in [3.05, 3.63) is 34.4 Å². The van der Waals surface area contributed by atoms with Gasteiger partial charge in [0.15, 0.2) is 0 Å². The Morgan fingerprint density at radius 3 is 2.65 bits per heavy atom. The number of halogens is 2. The van der Waals surface area contributed by atoms with E-state index in [1.54, 1.807) is 29.7 Å². The quantitative estimate of drug-likeness (QED) is 0.840. The van der Waals surface area contributed by atoms with Gasteiger partial charge in [-0.25, -0.2) is 9.37 Å². The number of hydrogen-bond acceptors (Lipinski definition) is 6. The third kappa shape index (κ3) is 3.70. The van der Waals surface area contributed by atoms with Gasteiger partial charge in [0, 0.05) is 38.4 Å². The molecule has 1 fully saturated rings. The Morgan fingerprint density at radius 2 is 2.04 bits per heavy atom. The molecule has 0 spiro atoms.